The van der Waals surface area contributed by atoms with E-state index in [9.17, 15) is 40.5 Å². The summed E-state index contributed by atoms with van der Waals surface area (Å²) >= 11 is 0. The highest BCUT2D eigenvalue weighted by atomic mass is 16.7. The van der Waals surface area contributed by atoms with E-state index in [1.807, 2.05) is 0 Å². The van der Waals surface area contributed by atoms with Crippen molar-refractivity contribution >= 4 is 5.97 Å². The third kappa shape index (κ3) is 5.33. The van der Waals surface area contributed by atoms with Crippen molar-refractivity contribution < 1.29 is 64.2 Å². The summed E-state index contributed by atoms with van der Waals surface area (Å²) in [6.45, 7) is -1.53. The molecule has 9 atom stereocenters. The summed E-state index contributed by atoms with van der Waals surface area (Å²) in [6, 6.07) is 11.2. The fourth-order valence-corrected chi connectivity index (χ4v) is 4.78. The number of ether oxygens (including phenoxy) is 5. The third-order valence-corrected chi connectivity index (χ3v) is 7.16. The van der Waals surface area contributed by atoms with Gasteiger partial charge in [0.15, 0.2) is 6.29 Å². The van der Waals surface area contributed by atoms with Crippen LogP contribution < -0.4 is 4.74 Å². The van der Waals surface area contributed by atoms with E-state index in [4.69, 9.17) is 23.7 Å². The van der Waals surface area contributed by atoms with Crippen LogP contribution in [-0.4, -0.2) is 110 Å². The number of carbonyl (C=O) groups is 1. The molecule has 0 aromatic heterocycles. The first-order valence-corrected chi connectivity index (χ1v) is 12.3. The lowest BCUT2D eigenvalue weighted by atomic mass is 9.94. The molecule has 0 saturated carbocycles. The number of carbonyl (C=O) groups excluding carboxylic acids is 1. The number of hydrogen-bond acceptors (Lipinski definition) is 13. The highest BCUT2D eigenvalue weighted by Gasteiger charge is 2.50. The Hall–Kier alpha value is -2.85. The van der Waals surface area contributed by atoms with Gasteiger partial charge in [0.2, 0.25) is 6.29 Å². The largest absolute Gasteiger partial charge is 0.507 e. The van der Waals surface area contributed by atoms with E-state index < -0.39 is 74.0 Å². The monoisotopic (exact) mass is 550 g/mol. The molecule has 0 bridgehead atoms. The molecule has 0 radical (unpaired) electrons. The van der Waals surface area contributed by atoms with Crippen LogP contribution in [0.4, 0.5) is 0 Å². The lowest BCUT2D eigenvalue weighted by Gasteiger charge is -2.40. The number of rotatable bonds is 7. The Kier molecular flexibility index (Phi) is 7.79. The predicted octanol–water partition coefficient (Wildman–Crippen LogP) is -1.51. The maximum absolute atomic E-state index is 12.4. The van der Waals surface area contributed by atoms with E-state index in [0.29, 0.717) is 17.5 Å². The number of aromatic hydroxyl groups is 1. The van der Waals surface area contributed by atoms with Crippen molar-refractivity contribution in [1.29, 1.82) is 0 Å². The summed E-state index contributed by atoms with van der Waals surface area (Å²) in [4.78, 5) is 12.4. The SMILES string of the molecule is O=C1O[C@@H](c2ccc(O[C@@H]3O[C@H](CO[C@@H]4OC[C@](O)(CO)[C@H]4O)[C@@H](O)[C@H](O)[C@H]3O)cc2)Cc2cccc(O)c21. The topological polar surface area (TPSA) is 205 Å². The predicted molar refractivity (Wildman–Crippen MR) is 127 cm³/mol. The van der Waals surface area contributed by atoms with Crippen molar-refractivity contribution in [3.63, 3.8) is 0 Å². The second kappa shape index (κ2) is 11.0. The van der Waals surface area contributed by atoms with Gasteiger partial charge in [-0.2, -0.15) is 0 Å². The summed E-state index contributed by atoms with van der Waals surface area (Å²) in [6.07, 6.45) is -10.6. The summed E-state index contributed by atoms with van der Waals surface area (Å²) in [5.41, 5.74) is -0.428. The Morgan fingerprint density at radius 2 is 1.72 bits per heavy atom. The van der Waals surface area contributed by atoms with Crippen molar-refractivity contribution in [3.8, 4) is 11.5 Å². The van der Waals surface area contributed by atoms with E-state index in [1.54, 1.807) is 36.4 Å². The number of esters is 1. The van der Waals surface area contributed by atoms with Gasteiger partial charge in [0, 0.05) is 6.42 Å². The molecule has 0 unspecified atom stereocenters. The lowest BCUT2D eigenvalue weighted by Crippen LogP contribution is -2.60. The van der Waals surface area contributed by atoms with Gasteiger partial charge in [-0.15, -0.1) is 0 Å². The zero-order chi connectivity index (χ0) is 27.9. The number of aliphatic hydroxyl groups excluding tert-OH is 5. The molecule has 13 nitrogen and oxygen atoms in total. The van der Waals surface area contributed by atoms with Crippen molar-refractivity contribution in [2.75, 3.05) is 19.8 Å². The fraction of sp³-hybridized carbons (Fsp3) is 0.500. The van der Waals surface area contributed by atoms with Gasteiger partial charge >= 0.3 is 5.97 Å². The second-order valence-corrected chi connectivity index (χ2v) is 9.83. The molecule has 2 aromatic carbocycles. The smallest absolute Gasteiger partial charge is 0.342 e. The molecule has 13 heteroatoms. The van der Waals surface area contributed by atoms with Crippen LogP contribution in [-0.2, 0) is 25.4 Å². The first kappa shape index (κ1) is 27.7. The van der Waals surface area contributed by atoms with E-state index in [-0.39, 0.29) is 23.7 Å². The summed E-state index contributed by atoms with van der Waals surface area (Å²) in [5.74, 6) is -0.523. The van der Waals surface area contributed by atoms with Crippen molar-refractivity contribution in [1.82, 2.24) is 0 Å². The summed E-state index contributed by atoms with van der Waals surface area (Å²) in [7, 11) is 0. The standard InChI is InChI=1S/C26H30O13/c27-10-26(34)11-36-25(22(26)32)35-9-17-19(29)20(30)21(31)24(39-17)37-14-6-4-12(5-7-14)16-8-13-2-1-3-15(28)18(13)23(33)38-16/h1-7,16-17,19-22,24-25,27-32,34H,8-11H2/t16-,17-,19-,20+,21-,22+,24-,25-,26-/m1/s1. The maximum Gasteiger partial charge on any atom is 0.342 e. The van der Waals surface area contributed by atoms with Gasteiger partial charge in [0.1, 0.15) is 59.3 Å². The molecule has 2 saturated heterocycles. The number of hydrogen-bond donors (Lipinski definition) is 7. The van der Waals surface area contributed by atoms with Crippen LogP contribution in [0.3, 0.4) is 0 Å². The Morgan fingerprint density at radius 3 is 2.41 bits per heavy atom. The molecule has 39 heavy (non-hydrogen) atoms. The molecule has 3 aliphatic rings. The van der Waals surface area contributed by atoms with Gasteiger partial charge < -0.3 is 59.4 Å². The second-order valence-electron chi connectivity index (χ2n) is 9.83. The lowest BCUT2D eigenvalue weighted by molar-refractivity contribution is -0.289. The third-order valence-electron chi connectivity index (χ3n) is 7.16. The van der Waals surface area contributed by atoms with Crippen LogP contribution >= 0.6 is 0 Å². The average Bonchev–Trinajstić information content (AvgIpc) is 3.22. The van der Waals surface area contributed by atoms with Crippen molar-refractivity contribution in [3.05, 3.63) is 59.2 Å². The van der Waals surface area contributed by atoms with Crippen LogP contribution in [0.1, 0.15) is 27.6 Å². The number of fused-ring (bicyclic) bond motifs is 1. The van der Waals surface area contributed by atoms with Gasteiger partial charge in [0.05, 0.1) is 19.8 Å². The van der Waals surface area contributed by atoms with Crippen LogP contribution in [0.5, 0.6) is 11.5 Å². The first-order chi connectivity index (χ1) is 18.6. The molecule has 3 heterocycles. The van der Waals surface area contributed by atoms with E-state index in [0.717, 1.165) is 0 Å². The molecule has 212 valence electrons. The van der Waals surface area contributed by atoms with Crippen molar-refractivity contribution in [2.24, 2.45) is 0 Å². The number of phenolic OH excluding ortho intramolecular Hbond substituents is 1. The molecule has 5 rings (SSSR count). The highest BCUT2D eigenvalue weighted by Crippen LogP contribution is 2.35. The molecular weight excluding hydrogens is 520 g/mol. The van der Waals surface area contributed by atoms with E-state index >= 15 is 0 Å². The molecular formula is C26H30O13. The quantitative estimate of drug-likeness (QED) is 0.196. The van der Waals surface area contributed by atoms with Crippen LogP contribution in [0, 0.1) is 0 Å². The van der Waals surface area contributed by atoms with Gasteiger partial charge in [-0.05, 0) is 29.3 Å². The average molecular weight is 551 g/mol. The molecule has 7 N–H and O–H groups in total. The maximum atomic E-state index is 12.4. The molecule has 2 aromatic rings. The van der Waals surface area contributed by atoms with Crippen LogP contribution in [0.2, 0.25) is 0 Å². The first-order valence-electron chi connectivity index (χ1n) is 12.3. The zero-order valence-electron chi connectivity index (χ0n) is 20.6. The number of benzene rings is 2. The van der Waals surface area contributed by atoms with Gasteiger partial charge in [-0.25, -0.2) is 4.79 Å². The Balaban J connectivity index is 1.21. The normalized spacial score (nSPS) is 36.3. The molecule has 0 spiro atoms. The molecule has 2 fully saturated rings. The minimum Gasteiger partial charge on any atom is -0.507 e. The molecule has 0 aliphatic carbocycles. The fourth-order valence-electron chi connectivity index (χ4n) is 4.78. The molecule has 0 amide bonds. The molecule has 3 aliphatic heterocycles. The zero-order valence-corrected chi connectivity index (χ0v) is 20.6. The van der Waals surface area contributed by atoms with Crippen LogP contribution in [0.15, 0.2) is 42.5 Å². The Labute approximate surface area is 222 Å². The number of phenols is 1. The minimum atomic E-state index is -1.90. The Morgan fingerprint density at radius 1 is 0.974 bits per heavy atom. The number of cyclic esters (lactones) is 1. The van der Waals surface area contributed by atoms with Crippen LogP contribution in [0.25, 0.3) is 0 Å². The van der Waals surface area contributed by atoms with Gasteiger partial charge in [-0.3, -0.25) is 0 Å². The summed E-state index contributed by atoms with van der Waals surface area (Å²) in [5, 5.41) is 70.5. The van der Waals surface area contributed by atoms with Gasteiger partial charge in [-0.1, -0.05) is 24.3 Å². The minimum absolute atomic E-state index is 0.139. The highest BCUT2D eigenvalue weighted by molar-refractivity contribution is 5.95. The Bertz CT molecular complexity index is 1170. The van der Waals surface area contributed by atoms with E-state index in [2.05, 4.69) is 0 Å². The number of aliphatic hydroxyl groups is 6. The summed E-state index contributed by atoms with van der Waals surface area (Å²) < 4.78 is 27.4. The van der Waals surface area contributed by atoms with Gasteiger partial charge in [0.25, 0.3) is 0 Å². The van der Waals surface area contributed by atoms with Crippen molar-refractivity contribution in [2.45, 2.75) is 61.2 Å². The van der Waals surface area contributed by atoms with E-state index in [1.165, 1.54) is 6.07 Å².